The Bertz CT molecular complexity index is 296. The van der Waals surface area contributed by atoms with Crippen molar-refractivity contribution in [2.45, 2.75) is 6.92 Å². The van der Waals surface area contributed by atoms with E-state index in [1.54, 1.807) is 6.07 Å². The monoisotopic (exact) mass is 188 g/mol. The lowest BCUT2D eigenvalue weighted by molar-refractivity contribution is 1.01. The number of aromatic nitrogens is 2. The minimum atomic E-state index is 0.292. The normalized spacial score (nSPS) is 9.73. The molecule has 1 aromatic rings. The van der Waals surface area contributed by atoms with Gasteiger partial charge in [-0.3, -0.25) is 0 Å². The van der Waals surface area contributed by atoms with Crippen molar-refractivity contribution < 1.29 is 0 Å². The summed E-state index contributed by atoms with van der Waals surface area (Å²) in [6.07, 6.45) is 0. The predicted octanol–water partition coefficient (Wildman–Crippen LogP) is 2.82. The highest BCUT2D eigenvalue weighted by Crippen LogP contribution is 2.21. The fourth-order valence-corrected chi connectivity index (χ4v) is 1.14. The molecular weight excluding hydrogens is 183 g/mol. The van der Waals surface area contributed by atoms with Gasteiger partial charge >= 0.3 is 0 Å². The molecule has 0 amide bonds. The maximum Gasteiger partial charge on any atom is 0.153 e. The first-order valence-corrected chi connectivity index (χ1v) is 3.71. The van der Waals surface area contributed by atoms with E-state index < -0.39 is 0 Å². The molecule has 2 nitrogen and oxygen atoms in total. The zero-order valence-corrected chi connectivity index (χ0v) is 7.45. The zero-order valence-electron chi connectivity index (χ0n) is 5.93. The van der Waals surface area contributed by atoms with Crippen LogP contribution in [0.5, 0.6) is 0 Å². The van der Waals surface area contributed by atoms with Gasteiger partial charge in [-0.15, -0.1) is 10.2 Å². The second kappa shape index (κ2) is 3.20. The maximum absolute atomic E-state index is 5.78. The molecule has 0 aliphatic carbocycles. The van der Waals surface area contributed by atoms with Crippen LogP contribution >= 0.6 is 23.2 Å². The molecule has 1 rings (SSSR count). The second-order valence-corrected chi connectivity index (χ2v) is 2.94. The van der Waals surface area contributed by atoms with Gasteiger partial charge in [-0.2, -0.15) is 0 Å². The van der Waals surface area contributed by atoms with Gasteiger partial charge in [0.25, 0.3) is 0 Å². The fourth-order valence-electron chi connectivity index (χ4n) is 0.637. The SMILES string of the molecule is C=C(C)c1nnc(Cl)cc1Cl. The van der Waals surface area contributed by atoms with E-state index in [0.29, 0.717) is 15.9 Å². The third kappa shape index (κ3) is 1.91. The molecule has 4 heteroatoms. The molecule has 0 N–H and O–H groups in total. The summed E-state index contributed by atoms with van der Waals surface area (Å²) in [6, 6.07) is 1.54. The zero-order chi connectivity index (χ0) is 8.43. The summed E-state index contributed by atoms with van der Waals surface area (Å²) >= 11 is 11.3. The van der Waals surface area contributed by atoms with Gasteiger partial charge < -0.3 is 0 Å². The standard InChI is InChI=1S/C7H6Cl2N2/c1-4(2)7-5(8)3-6(9)10-11-7/h3H,1H2,2H3. The van der Waals surface area contributed by atoms with E-state index in [1.165, 1.54) is 0 Å². The van der Waals surface area contributed by atoms with Gasteiger partial charge in [0.1, 0.15) is 5.69 Å². The van der Waals surface area contributed by atoms with Crippen LogP contribution in [0.2, 0.25) is 10.2 Å². The first-order valence-electron chi connectivity index (χ1n) is 2.96. The van der Waals surface area contributed by atoms with Crippen LogP contribution in [-0.2, 0) is 0 Å². The summed E-state index contributed by atoms with van der Waals surface area (Å²) < 4.78 is 0. The van der Waals surface area contributed by atoms with Crippen molar-refractivity contribution >= 4 is 28.8 Å². The van der Waals surface area contributed by atoms with Gasteiger partial charge in [0.05, 0.1) is 5.02 Å². The Morgan fingerprint density at radius 2 is 2.09 bits per heavy atom. The van der Waals surface area contributed by atoms with Crippen LogP contribution in [0, 0.1) is 0 Å². The van der Waals surface area contributed by atoms with Crippen LogP contribution in [0.25, 0.3) is 5.57 Å². The molecule has 0 saturated heterocycles. The predicted molar refractivity (Wildman–Crippen MR) is 46.8 cm³/mol. The lowest BCUT2D eigenvalue weighted by Crippen LogP contribution is -1.90. The quantitative estimate of drug-likeness (QED) is 0.678. The summed E-state index contributed by atoms with van der Waals surface area (Å²) in [5.41, 5.74) is 1.37. The molecule has 0 spiro atoms. The average molecular weight is 189 g/mol. The molecule has 0 atom stereocenters. The molecule has 0 saturated carbocycles. The van der Waals surface area contributed by atoms with E-state index in [9.17, 15) is 0 Å². The van der Waals surface area contributed by atoms with E-state index in [4.69, 9.17) is 23.2 Å². The largest absolute Gasteiger partial charge is 0.153 e. The minimum absolute atomic E-state index is 0.292. The van der Waals surface area contributed by atoms with Crippen molar-refractivity contribution in [1.29, 1.82) is 0 Å². The highest BCUT2D eigenvalue weighted by molar-refractivity contribution is 6.34. The molecule has 0 radical (unpaired) electrons. The van der Waals surface area contributed by atoms with Crippen LogP contribution in [0.4, 0.5) is 0 Å². The van der Waals surface area contributed by atoms with Crippen molar-refractivity contribution in [1.82, 2.24) is 10.2 Å². The average Bonchev–Trinajstić information content (AvgIpc) is 1.85. The second-order valence-electron chi connectivity index (χ2n) is 2.14. The molecule has 11 heavy (non-hydrogen) atoms. The van der Waals surface area contributed by atoms with E-state index in [0.717, 1.165) is 5.57 Å². The Balaban J connectivity index is 3.20. The summed E-state index contributed by atoms with van der Waals surface area (Å²) in [6.45, 7) is 5.50. The van der Waals surface area contributed by atoms with Crippen molar-refractivity contribution in [2.24, 2.45) is 0 Å². The first-order chi connectivity index (χ1) is 5.11. The van der Waals surface area contributed by atoms with Gasteiger partial charge in [-0.1, -0.05) is 29.8 Å². The van der Waals surface area contributed by atoms with Gasteiger partial charge in [0.15, 0.2) is 5.15 Å². The molecule has 0 bridgehead atoms. The minimum Gasteiger partial charge on any atom is -0.148 e. The number of rotatable bonds is 1. The molecule has 1 aromatic heterocycles. The number of hydrogen-bond acceptors (Lipinski definition) is 2. The molecule has 0 unspecified atom stereocenters. The van der Waals surface area contributed by atoms with Crippen LogP contribution in [-0.4, -0.2) is 10.2 Å². The summed E-state index contributed by atoms with van der Waals surface area (Å²) in [5.74, 6) is 0. The third-order valence-corrected chi connectivity index (χ3v) is 1.59. The summed E-state index contributed by atoms with van der Waals surface area (Å²) in [7, 11) is 0. The number of allylic oxidation sites excluding steroid dienone is 1. The van der Waals surface area contributed by atoms with Crippen LogP contribution in [0.1, 0.15) is 12.6 Å². The third-order valence-electron chi connectivity index (χ3n) is 1.12. The van der Waals surface area contributed by atoms with Crippen molar-refractivity contribution in [2.75, 3.05) is 0 Å². The Morgan fingerprint density at radius 1 is 1.45 bits per heavy atom. The molecule has 0 aromatic carbocycles. The smallest absolute Gasteiger partial charge is 0.148 e. The maximum atomic E-state index is 5.78. The summed E-state index contributed by atoms with van der Waals surface area (Å²) in [5, 5.41) is 8.17. The van der Waals surface area contributed by atoms with Gasteiger partial charge in [0, 0.05) is 0 Å². The highest BCUT2D eigenvalue weighted by atomic mass is 35.5. The molecule has 58 valence electrons. The van der Waals surface area contributed by atoms with Crippen molar-refractivity contribution in [3.8, 4) is 0 Å². The Morgan fingerprint density at radius 3 is 2.55 bits per heavy atom. The van der Waals surface area contributed by atoms with Gasteiger partial charge in [0.2, 0.25) is 0 Å². The molecular formula is C7H6Cl2N2. The molecule has 0 aliphatic rings. The van der Waals surface area contributed by atoms with E-state index in [2.05, 4.69) is 16.8 Å². The fraction of sp³-hybridized carbons (Fsp3) is 0.143. The lowest BCUT2D eigenvalue weighted by Gasteiger charge is -1.99. The lowest BCUT2D eigenvalue weighted by atomic mass is 10.2. The van der Waals surface area contributed by atoms with E-state index in [-0.39, 0.29) is 0 Å². The van der Waals surface area contributed by atoms with Gasteiger partial charge in [-0.05, 0) is 18.6 Å². The van der Waals surface area contributed by atoms with Crippen LogP contribution < -0.4 is 0 Å². The van der Waals surface area contributed by atoms with Crippen molar-refractivity contribution in [3.05, 3.63) is 28.5 Å². The number of hydrogen-bond donors (Lipinski definition) is 0. The first kappa shape index (κ1) is 8.50. The Labute approximate surface area is 74.9 Å². The van der Waals surface area contributed by atoms with E-state index in [1.807, 2.05) is 6.92 Å². The number of nitrogens with zero attached hydrogens (tertiary/aromatic N) is 2. The topological polar surface area (TPSA) is 25.8 Å². The molecule has 1 heterocycles. The summed E-state index contributed by atoms with van der Waals surface area (Å²) in [4.78, 5) is 0. The van der Waals surface area contributed by atoms with Crippen LogP contribution in [0.15, 0.2) is 12.6 Å². The van der Waals surface area contributed by atoms with Crippen LogP contribution in [0.3, 0.4) is 0 Å². The Hall–Kier alpha value is -0.600. The molecule has 0 fully saturated rings. The highest BCUT2D eigenvalue weighted by Gasteiger charge is 2.03. The van der Waals surface area contributed by atoms with Gasteiger partial charge in [-0.25, -0.2) is 0 Å². The number of halogens is 2. The Kier molecular flexibility index (Phi) is 2.47. The van der Waals surface area contributed by atoms with E-state index >= 15 is 0 Å². The van der Waals surface area contributed by atoms with Crippen molar-refractivity contribution in [3.63, 3.8) is 0 Å². The molecule has 0 aliphatic heterocycles.